The number of hydrazine groups is 1. The molecule has 1 saturated heterocycles. The predicted octanol–water partition coefficient (Wildman–Crippen LogP) is -1.30. The van der Waals surface area contributed by atoms with Gasteiger partial charge >= 0.3 is 0 Å². The molecule has 1 unspecified atom stereocenters. The Balaban J connectivity index is 2.33. The van der Waals surface area contributed by atoms with E-state index in [4.69, 9.17) is 10.6 Å². The normalized spacial score (nSPS) is 25.3. The minimum Gasteiger partial charge on any atom is -0.379 e. The van der Waals surface area contributed by atoms with Crippen molar-refractivity contribution >= 4 is 5.91 Å². The van der Waals surface area contributed by atoms with E-state index < -0.39 is 0 Å². The van der Waals surface area contributed by atoms with Crippen LogP contribution in [0.15, 0.2) is 0 Å². The molecule has 3 N–H and O–H groups in total. The number of rotatable bonds is 2. The molecule has 1 aliphatic heterocycles. The fourth-order valence-corrected chi connectivity index (χ4v) is 1.23. The van der Waals surface area contributed by atoms with Gasteiger partial charge < -0.3 is 4.74 Å². The molecule has 1 rings (SSSR count). The van der Waals surface area contributed by atoms with Crippen LogP contribution >= 0.6 is 0 Å². The maximum atomic E-state index is 10.9. The van der Waals surface area contributed by atoms with Gasteiger partial charge in [-0.25, -0.2) is 5.84 Å². The third kappa shape index (κ3) is 2.44. The predicted molar refractivity (Wildman–Crippen MR) is 44.2 cm³/mol. The van der Waals surface area contributed by atoms with Gasteiger partial charge in [-0.05, 0) is 6.92 Å². The second-order valence-corrected chi connectivity index (χ2v) is 2.96. The number of hydrogen-bond donors (Lipinski definition) is 2. The molecule has 5 nitrogen and oxygen atoms in total. The molecule has 1 amide bonds. The summed E-state index contributed by atoms with van der Waals surface area (Å²) in [6, 6.07) is 0.302. The van der Waals surface area contributed by atoms with Gasteiger partial charge in [-0.3, -0.25) is 15.1 Å². The lowest BCUT2D eigenvalue weighted by molar-refractivity contribution is -0.124. The van der Waals surface area contributed by atoms with Crippen LogP contribution in [0.1, 0.15) is 6.92 Å². The summed E-state index contributed by atoms with van der Waals surface area (Å²) in [6.45, 7) is 4.58. The molecule has 1 heterocycles. The van der Waals surface area contributed by atoms with Crippen LogP contribution in [0.25, 0.3) is 0 Å². The van der Waals surface area contributed by atoms with Crippen molar-refractivity contribution in [3.63, 3.8) is 0 Å². The lowest BCUT2D eigenvalue weighted by Crippen LogP contribution is -2.49. The van der Waals surface area contributed by atoms with Gasteiger partial charge in [0.05, 0.1) is 19.8 Å². The standard InChI is InChI=1S/C7H15N3O2/c1-6-5-12-3-2-10(6)4-7(11)9-8/h6H,2-5,8H2,1H3,(H,9,11). The van der Waals surface area contributed by atoms with E-state index in [1.807, 2.05) is 11.8 Å². The molecule has 0 aromatic heterocycles. The molecule has 0 saturated carbocycles. The molecule has 1 fully saturated rings. The smallest absolute Gasteiger partial charge is 0.248 e. The zero-order valence-corrected chi connectivity index (χ0v) is 7.25. The summed E-state index contributed by atoms with van der Waals surface area (Å²) >= 11 is 0. The first kappa shape index (κ1) is 9.44. The van der Waals surface area contributed by atoms with Crippen LogP contribution in [0.2, 0.25) is 0 Å². The third-order valence-electron chi connectivity index (χ3n) is 2.01. The Morgan fingerprint density at radius 1 is 1.83 bits per heavy atom. The minimum absolute atomic E-state index is 0.149. The fourth-order valence-electron chi connectivity index (χ4n) is 1.23. The van der Waals surface area contributed by atoms with Crippen LogP contribution in [-0.4, -0.2) is 43.2 Å². The van der Waals surface area contributed by atoms with E-state index in [2.05, 4.69) is 5.43 Å². The number of hydrogen-bond acceptors (Lipinski definition) is 4. The van der Waals surface area contributed by atoms with Gasteiger partial charge in [0.2, 0.25) is 5.91 Å². The van der Waals surface area contributed by atoms with Crippen molar-refractivity contribution in [3.8, 4) is 0 Å². The van der Waals surface area contributed by atoms with E-state index in [0.29, 0.717) is 25.8 Å². The Kier molecular flexibility index (Phi) is 3.46. The van der Waals surface area contributed by atoms with E-state index in [9.17, 15) is 4.79 Å². The fraction of sp³-hybridized carbons (Fsp3) is 0.857. The number of carbonyl (C=O) groups excluding carboxylic acids is 1. The van der Waals surface area contributed by atoms with Crippen LogP contribution in [0.5, 0.6) is 0 Å². The Bertz CT molecular complexity index is 163. The van der Waals surface area contributed by atoms with E-state index in [1.54, 1.807) is 0 Å². The first-order valence-electron chi connectivity index (χ1n) is 4.05. The molecule has 1 atom stereocenters. The van der Waals surface area contributed by atoms with Crippen molar-refractivity contribution < 1.29 is 9.53 Å². The van der Waals surface area contributed by atoms with E-state index in [1.165, 1.54) is 0 Å². The van der Waals surface area contributed by atoms with E-state index in [0.717, 1.165) is 6.54 Å². The summed E-state index contributed by atoms with van der Waals surface area (Å²) in [6.07, 6.45) is 0. The number of carbonyl (C=O) groups is 1. The van der Waals surface area contributed by atoms with Crippen molar-refractivity contribution in [2.75, 3.05) is 26.3 Å². The Morgan fingerprint density at radius 3 is 3.17 bits per heavy atom. The van der Waals surface area contributed by atoms with Gasteiger partial charge in [0, 0.05) is 12.6 Å². The van der Waals surface area contributed by atoms with Gasteiger partial charge in [0.15, 0.2) is 0 Å². The largest absolute Gasteiger partial charge is 0.379 e. The molecule has 0 aromatic rings. The van der Waals surface area contributed by atoms with E-state index >= 15 is 0 Å². The second kappa shape index (κ2) is 4.39. The lowest BCUT2D eigenvalue weighted by Gasteiger charge is -2.32. The summed E-state index contributed by atoms with van der Waals surface area (Å²) in [5, 5.41) is 0. The lowest BCUT2D eigenvalue weighted by atomic mass is 10.2. The number of morpholine rings is 1. The summed E-state index contributed by atoms with van der Waals surface area (Å²) in [5.41, 5.74) is 2.11. The Labute approximate surface area is 71.8 Å². The average molecular weight is 173 g/mol. The number of amides is 1. The molecule has 0 bridgehead atoms. The summed E-state index contributed by atoms with van der Waals surface area (Å²) in [4.78, 5) is 13.0. The van der Waals surface area contributed by atoms with Gasteiger partial charge in [0.1, 0.15) is 0 Å². The zero-order chi connectivity index (χ0) is 8.97. The van der Waals surface area contributed by atoms with Crippen LogP contribution in [0.4, 0.5) is 0 Å². The van der Waals surface area contributed by atoms with Gasteiger partial charge in [0.25, 0.3) is 0 Å². The monoisotopic (exact) mass is 173 g/mol. The topological polar surface area (TPSA) is 67.6 Å². The molecule has 5 heteroatoms. The molecule has 0 radical (unpaired) electrons. The molecule has 0 aromatic carbocycles. The van der Waals surface area contributed by atoms with Crippen molar-refractivity contribution in [1.29, 1.82) is 0 Å². The van der Waals surface area contributed by atoms with Crippen molar-refractivity contribution in [1.82, 2.24) is 10.3 Å². The highest BCUT2D eigenvalue weighted by atomic mass is 16.5. The highest BCUT2D eigenvalue weighted by Crippen LogP contribution is 2.04. The molecule has 12 heavy (non-hydrogen) atoms. The third-order valence-corrected chi connectivity index (χ3v) is 2.01. The summed E-state index contributed by atoms with van der Waals surface area (Å²) in [5.74, 6) is 4.83. The molecule has 0 aliphatic carbocycles. The van der Waals surface area contributed by atoms with Crippen molar-refractivity contribution in [3.05, 3.63) is 0 Å². The SMILES string of the molecule is CC1COCCN1CC(=O)NN. The zero-order valence-electron chi connectivity index (χ0n) is 7.25. The molecular weight excluding hydrogens is 158 g/mol. The number of nitrogens with two attached hydrogens (primary N) is 1. The van der Waals surface area contributed by atoms with Gasteiger partial charge in [-0.2, -0.15) is 0 Å². The molecule has 1 aliphatic rings. The highest BCUT2D eigenvalue weighted by molar-refractivity contribution is 5.77. The Morgan fingerprint density at radius 2 is 2.58 bits per heavy atom. The minimum atomic E-state index is -0.149. The van der Waals surface area contributed by atoms with Crippen molar-refractivity contribution in [2.24, 2.45) is 5.84 Å². The summed E-state index contributed by atoms with van der Waals surface area (Å²) in [7, 11) is 0. The first-order valence-corrected chi connectivity index (χ1v) is 4.05. The number of nitrogens with one attached hydrogen (secondary N) is 1. The second-order valence-electron chi connectivity index (χ2n) is 2.96. The Hall–Kier alpha value is -0.650. The quantitative estimate of drug-likeness (QED) is 0.309. The van der Waals surface area contributed by atoms with Crippen LogP contribution in [0, 0.1) is 0 Å². The molecule has 0 spiro atoms. The van der Waals surface area contributed by atoms with Crippen LogP contribution in [0.3, 0.4) is 0 Å². The molecule has 70 valence electrons. The van der Waals surface area contributed by atoms with E-state index in [-0.39, 0.29) is 5.91 Å². The maximum Gasteiger partial charge on any atom is 0.248 e. The highest BCUT2D eigenvalue weighted by Gasteiger charge is 2.20. The number of nitrogens with zero attached hydrogens (tertiary/aromatic N) is 1. The van der Waals surface area contributed by atoms with Crippen LogP contribution in [-0.2, 0) is 9.53 Å². The first-order chi connectivity index (χ1) is 5.74. The summed E-state index contributed by atoms with van der Waals surface area (Å²) < 4.78 is 5.22. The molecular formula is C7H15N3O2. The van der Waals surface area contributed by atoms with Crippen molar-refractivity contribution in [2.45, 2.75) is 13.0 Å². The average Bonchev–Trinajstić information content (AvgIpc) is 2.09. The van der Waals surface area contributed by atoms with Crippen LogP contribution < -0.4 is 11.3 Å². The maximum absolute atomic E-state index is 10.9. The number of ether oxygens (including phenoxy) is 1. The van der Waals surface area contributed by atoms with Gasteiger partial charge in [-0.1, -0.05) is 0 Å². The van der Waals surface area contributed by atoms with Gasteiger partial charge in [-0.15, -0.1) is 0 Å².